The number of rotatable bonds is 8. The average molecular weight is 292 g/mol. The van der Waals surface area contributed by atoms with Gasteiger partial charge in [-0.05, 0) is 44.5 Å². The largest absolute Gasteiger partial charge is 0.497 e. The maximum atomic E-state index is 12.0. The summed E-state index contributed by atoms with van der Waals surface area (Å²) in [6, 6.07) is 6.98. The van der Waals surface area contributed by atoms with E-state index in [9.17, 15) is 9.59 Å². The Morgan fingerprint density at radius 3 is 2.33 bits per heavy atom. The third-order valence-corrected chi connectivity index (χ3v) is 2.96. The second-order valence-electron chi connectivity index (χ2n) is 5.77. The first-order valence-electron chi connectivity index (χ1n) is 7.04. The first-order chi connectivity index (χ1) is 9.81. The molecule has 21 heavy (non-hydrogen) atoms. The Balaban J connectivity index is 2.31. The molecule has 116 valence electrons. The zero-order valence-electron chi connectivity index (χ0n) is 12.9. The number of hydrogen-bond donors (Lipinski definition) is 2. The molecule has 1 aromatic rings. The number of nitrogens with two attached hydrogens (primary N) is 1. The first-order valence-corrected chi connectivity index (χ1v) is 7.04. The van der Waals surface area contributed by atoms with E-state index >= 15 is 0 Å². The summed E-state index contributed by atoms with van der Waals surface area (Å²) in [5.41, 5.74) is 6.00. The molecule has 0 spiro atoms. The summed E-state index contributed by atoms with van der Waals surface area (Å²) < 4.78 is 5.04. The minimum absolute atomic E-state index is 0.0320. The lowest BCUT2D eigenvalue weighted by Crippen LogP contribution is -2.45. The van der Waals surface area contributed by atoms with E-state index in [2.05, 4.69) is 5.32 Å². The summed E-state index contributed by atoms with van der Waals surface area (Å²) in [5.74, 6) is 0.677. The Morgan fingerprint density at radius 1 is 1.19 bits per heavy atom. The van der Waals surface area contributed by atoms with Gasteiger partial charge in [-0.25, -0.2) is 0 Å². The predicted molar refractivity (Wildman–Crippen MR) is 82.5 cm³/mol. The van der Waals surface area contributed by atoms with Crippen molar-refractivity contribution in [2.75, 3.05) is 13.7 Å². The smallest absolute Gasteiger partial charge is 0.220 e. The van der Waals surface area contributed by atoms with E-state index < -0.39 is 5.54 Å². The predicted octanol–water partition coefficient (Wildman–Crippen LogP) is 1.90. The Hall–Kier alpha value is -1.88. The van der Waals surface area contributed by atoms with Crippen molar-refractivity contribution in [3.8, 4) is 5.75 Å². The Morgan fingerprint density at radius 2 is 1.81 bits per heavy atom. The fourth-order valence-corrected chi connectivity index (χ4v) is 1.75. The number of amides is 1. The lowest BCUT2D eigenvalue weighted by molar-refractivity contribution is -0.121. The molecular weight excluding hydrogens is 268 g/mol. The molecule has 1 aromatic carbocycles. The highest BCUT2D eigenvalue weighted by atomic mass is 16.5. The summed E-state index contributed by atoms with van der Waals surface area (Å²) in [6.45, 7) is 4.12. The number of nitrogens with one attached hydrogen (secondary N) is 1. The van der Waals surface area contributed by atoms with Gasteiger partial charge in [0.15, 0.2) is 5.78 Å². The fourth-order valence-electron chi connectivity index (χ4n) is 1.75. The molecule has 0 aliphatic heterocycles. The zero-order chi connectivity index (χ0) is 15.9. The summed E-state index contributed by atoms with van der Waals surface area (Å²) in [6.07, 6.45) is 1.21. The molecule has 1 amide bonds. The molecule has 3 N–H and O–H groups in total. The van der Waals surface area contributed by atoms with Crippen LogP contribution in [0.25, 0.3) is 0 Å². The number of hydrogen-bond acceptors (Lipinski definition) is 4. The number of methoxy groups -OCH3 is 1. The number of Topliss-reactive ketones (excluding diaryl/α,β-unsaturated/α-hetero) is 1. The summed E-state index contributed by atoms with van der Waals surface area (Å²) >= 11 is 0. The van der Waals surface area contributed by atoms with Crippen molar-refractivity contribution in [1.82, 2.24) is 5.32 Å². The Labute approximate surface area is 125 Å². The molecule has 0 fully saturated rings. The summed E-state index contributed by atoms with van der Waals surface area (Å²) in [4.78, 5) is 23.5. The van der Waals surface area contributed by atoms with E-state index in [-0.39, 0.29) is 11.7 Å². The normalized spacial score (nSPS) is 11.0. The van der Waals surface area contributed by atoms with Crippen molar-refractivity contribution in [1.29, 1.82) is 0 Å². The van der Waals surface area contributed by atoms with Crippen LogP contribution < -0.4 is 15.8 Å². The van der Waals surface area contributed by atoms with Gasteiger partial charge in [0.25, 0.3) is 0 Å². The van der Waals surface area contributed by atoms with Crippen LogP contribution in [0.1, 0.15) is 43.5 Å². The number of ketones is 1. The molecule has 0 aromatic heterocycles. The van der Waals surface area contributed by atoms with Crippen LogP contribution in [0.5, 0.6) is 5.75 Å². The van der Waals surface area contributed by atoms with Crippen LogP contribution in [0.3, 0.4) is 0 Å². The molecule has 0 bridgehead atoms. The zero-order valence-corrected chi connectivity index (χ0v) is 12.9. The molecule has 5 heteroatoms. The fraction of sp³-hybridized carbons (Fsp3) is 0.500. The summed E-state index contributed by atoms with van der Waals surface area (Å²) in [7, 11) is 1.58. The van der Waals surface area contributed by atoms with Crippen LogP contribution in [0.4, 0.5) is 0 Å². The van der Waals surface area contributed by atoms with E-state index in [1.807, 2.05) is 13.8 Å². The SMILES string of the molecule is COc1ccc(C(=O)CCCC(=O)NCC(C)(C)N)cc1. The third-order valence-electron chi connectivity index (χ3n) is 2.96. The number of benzene rings is 1. The average Bonchev–Trinajstić information content (AvgIpc) is 2.44. The minimum atomic E-state index is -0.422. The van der Waals surface area contributed by atoms with Crippen molar-refractivity contribution in [2.24, 2.45) is 5.73 Å². The van der Waals surface area contributed by atoms with E-state index in [0.717, 1.165) is 5.75 Å². The molecule has 0 aliphatic carbocycles. The lowest BCUT2D eigenvalue weighted by Gasteiger charge is -2.18. The Bertz CT molecular complexity index is 475. The number of ether oxygens (including phenoxy) is 1. The van der Waals surface area contributed by atoms with Crippen molar-refractivity contribution in [2.45, 2.75) is 38.6 Å². The highest BCUT2D eigenvalue weighted by Gasteiger charge is 2.12. The molecule has 0 aliphatic rings. The summed E-state index contributed by atoms with van der Waals surface area (Å²) in [5, 5.41) is 2.76. The highest BCUT2D eigenvalue weighted by molar-refractivity contribution is 5.96. The molecular formula is C16H24N2O3. The minimum Gasteiger partial charge on any atom is -0.497 e. The molecule has 1 rings (SSSR count). The first kappa shape index (κ1) is 17.2. The standard InChI is InChI=1S/C16H24N2O3/c1-16(2,17)11-18-15(20)6-4-5-14(19)12-7-9-13(21-3)10-8-12/h7-10H,4-6,11,17H2,1-3H3,(H,18,20). The van der Waals surface area contributed by atoms with Crippen molar-refractivity contribution >= 4 is 11.7 Å². The second-order valence-corrected chi connectivity index (χ2v) is 5.77. The van der Waals surface area contributed by atoms with Crippen molar-refractivity contribution in [3.63, 3.8) is 0 Å². The van der Waals surface area contributed by atoms with Crippen LogP contribution in [-0.2, 0) is 4.79 Å². The third kappa shape index (κ3) is 6.90. The number of carbonyl (C=O) groups excluding carboxylic acids is 2. The molecule has 0 atom stereocenters. The molecule has 0 heterocycles. The molecule has 0 saturated carbocycles. The highest BCUT2D eigenvalue weighted by Crippen LogP contribution is 2.13. The lowest BCUT2D eigenvalue weighted by atomic mass is 10.0. The van der Waals surface area contributed by atoms with Crippen LogP contribution in [0, 0.1) is 0 Å². The van der Waals surface area contributed by atoms with E-state index in [1.54, 1.807) is 31.4 Å². The van der Waals surface area contributed by atoms with Gasteiger partial charge in [-0.1, -0.05) is 0 Å². The van der Waals surface area contributed by atoms with Gasteiger partial charge in [-0.2, -0.15) is 0 Å². The maximum Gasteiger partial charge on any atom is 0.220 e. The van der Waals surface area contributed by atoms with Crippen molar-refractivity contribution < 1.29 is 14.3 Å². The van der Waals surface area contributed by atoms with Gasteiger partial charge in [-0.15, -0.1) is 0 Å². The van der Waals surface area contributed by atoms with Gasteiger partial charge in [0.1, 0.15) is 5.75 Å². The maximum absolute atomic E-state index is 12.0. The van der Waals surface area contributed by atoms with Gasteiger partial charge in [-0.3, -0.25) is 9.59 Å². The second kappa shape index (κ2) is 7.78. The van der Waals surface area contributed by atoms with E-state index in [4.69, 9.17) is 10.5 Å². The van der Waals surface area contributed by atoms with E-state index in [1.165, 1.54) is 0 Å². The van der Waals surface area contributed by atoms with Crippen LogP contribution in [0.2, 0.25) is 0 Å². The quantitative estimate of drug-likeness (QED) is 0.717. The van der Waals surface area contributed by atoms with Crippen molar-refractivity contribution in [3.05, 3.63) is 29.8 Å². The van der Waals surface area contributed by atoms with E-state index in [0.29, 0.717) is 31.4 Å². The van der Waals surface area contributed by atoms with Gasteiger partial charge in [0.2, 0.25) is 5.91 Å². The molecule has 5 nitrogen and oxygen atoms in total. The van der Waals surface area contributed by atoms with Gasteiger partial charge in [0.05, 0.1) is 7.11 Å². The van der Waals surface area contributed by atoms with Crippen LogP contribution >= 0.6 is 0 Å². The van der Waals surface area contributed by atoms with Gasteiger partial charge in [0, 0.05) is 30.5 Å². The molecule has 0 unspecified atom stereocenters. The molecule has 0 radical (unpaired) electrons. The number of carbonyl (C=O) groups is 2. The monoisotopic (exact) mass is 292 g/mol. The van der Waals surface area contributed by atoms with Crippen LogP contribution in [0.15, 0.2) is 24.3 Å². The van der Waals surface area contributed by atoms with Gasteiger partial charge >= 0.3 is 0 Å². The van der Waals surface area contributed by atoms with Gasteiger partial charge < -0.3 is 15.8 Å². The Kier molecular flexibility index (Phi) is 6.37. The van der Waals surface area contributed by atoms with Crippen LogP contribution in [-0.4, -0.2) is 30.9 Å². The molecule has 0 saturated heterocycles. The topological polar surface area (TPSA) is 81.4 Å².